The molecule has 1 aromatic carbocycles. The zero-order chi connectivity index (χ0) is 18.4. The molecule has 1 saturated heterocycles. The molecule has 2 aromatic rings. The van der Waals surface area contributed by atoms with Crippen LogP contribution in [0.5, 0.6) is 0 Å². The minimum atomic E-state index is -0.338. The van der Waals surface area contributed by atoms with Crippen molar-refractivity contribution in [1.29, 1.82) is 0 Å². The molecule has 0 bridgehead atoms. The summed E-state index contributed by atoms with van der Waals surface area (Å²) in [7, 11) is 0. The molecule has 8 heteroatoms. The standard InChI is InChI=1S/C18H24FN5O2/c1-14(15-5-2-3-6-16(15)19)24-13-17(21-22-24)18(25)20-7-4-8-23-9-11-26-12-10-23/h2-3,5-6,13-14H,4,7-12H2,1H3,(H,20,25)/p+1/t14-/m0/s1. The Bertz CT molecular complexity index is 730. The second-order valence-corrected chi connectivity index (χ2v) is 6.50. The van der Waals surface area contributed by atoms with E-state index in [1.165, 1.54) is 15.6 Å². The van der Waals surface area contributed by atoms with Crippen molar-refractivity contribution in [2.24, 2.45) is 0 Å². The summed E-state index contributed by atoms with van der Waals surface area (Å²) in [5.74, 6) is -0.555. The number of benzene rings is 1. The van der Waals surface area contributed by atoms with Crippen LogP contribution in [0.2, 0.25) is 0 Å². The summed E-state index contributed by atoms with van der Waals surface area (Å²) in [5, 5.41) is 10.8. The van der Waals surface area contributed by atoms with Crippen LogP contribution >= 0.6 is 0 Å². The summed E-state index contributed by atoms with van der Waals surface area (Å²) in [5.41, 5.74) is 0.754. The van der Waals surface area contributed by atoms with Crippen LogP contribution in [-0.2, 0) is 4.74 Å². The quantitative estimate of drug-likeness (QED) is 0.684. The number of carbonyl (C=O) groups is 1. The summed E-state index contributed by atoms with van der Waals surface area (Å²) in [4.78, 5) is 13.7. The lowest BCUT2D eigenvalue weighted by molar-refractivity contribution is -0.908. The van der Waals surface area contributed by atoms with E-state index in [-0.39, 0.29) is 23.5 Å². The summed E-state index contributed by atoms with van der Waals surface area (Å²) in [6.45, 7) is 7.10. The van der Waals surface area contributed by atoms with Gasteiger partial charge in [-0.15, -0.1) is 5.10 Å². The molecule has 0 spiro atoms. The summed E-state index contributed by atoms with van der Waals surface area (Å²) >= 11 is 0. The molecule has 0 unspecified atom stereocenters. The Labute approximate surface area is 152 Å². The molecule has 1 aromatic heterocycles. The predicted octanol–water partition coefficient (Wildman–Crippen LogP) is 0.0615. The number of morpholine rings is 1. The van der Waals surface area contributed by atoms with Crippen LogP contribution in [-0.4, -0.2) is 60.3 Å². The Kier molecular flexibility index (Phi) is 6.30. The highest BCUT2D eigenvalue weighted by molar-refractivity contribution is 5.91. The monoisotopic (exact) mass is 362 g/mol. The van der Waals surface area contributed by atoms with Crippen LogP contribution in [0.3, 0.4) is 0 Å². The van der Waals surface area contributed by atoms with Crippen LogP contribution < -0.4 is 10.2 Å². The lowest BCUT2D eigenvalue weighted by atomic mass is 10.1. The van der Waals surface area contributed by atoms with Gasteiger partial charge in [-0.1, -0.05) is 23.4 Å². The topological polar surface area (TPSA) is 73.5 Å². The van der Waals surface area contributed by atoms with Gasteiger partial charge in [-0.3, -0.25) is 4.79 Å². The molecule has 1 aliphatic heterocycles. The van der Waals surface area contributed by atoms with E-state index in [0.717, 1.165) is 39.3 Å². The van der Waals surface area contributed by atoms with Gasteiger partial charge in [0.25, 0.3) is 5.91 Å². The van der Waals surface area contributed by atoms with Crippen molar-refractivity contribution in [2.75, 3.05) is 39.4 Å². The fourth-order valence-electron chi connectivity index (χ4n) is 3.07. The molecule has 0 saturated carbocycles. The van der Waals surface area contributed by atoms with E-state index in [1.54, 1.807) is 24.4 Å². The van der Waals surface area contributed by atoms with Crippen molar-refractivity contribution >= 4 is 5.91 Å². The van der Waals surface area contributed by atoms with Gasteiger partial charge in [0.05, 0.1) is 32.0 Å². The zero-order valence-electron chi connectivity index (χ0n) is 14.9. The van der Waals surface area contributed by atoms with Gasteiger partial charge in [0.1, 0.15) is 18.9 Å². The number of hydrogen-bond acceptors (Lipinski definition) is 4. The second kappa shape index (κ2) is 8.86. The molecule has 1 aliphatic rings. The normalized spacial score (nSPS) is 16.4. The van der Waals surface area contributed by atoms with Gasteiger partial charge in [-0.05, 0) is 13.0 Å². The predicted molar refractivity (Wildman–Crippen MR) is 93.6 cm³/mol. The van der Waals surface area contributed by atoms with Gasteiger partial charge >= 0.3 is 0 Å². The molecule has 3 rings (SSSR count). The minimum absolute atomic E-state index is 0.243. The Morgan fingerprint density at radius 1 is 1.38 bits per heavy atom. The first-order valence-corrected chi connectivity index (χ1v) is 9.01. The smallest absolute Gasteiger partial charge is 0.273 e. The van der Waals surface area contributed by atoms with Crippen LogP contribution in [0.1, 0.15) is 35.4 Å². The van der Waals surface area contributed by atoms with Gasteiger partial charge in [-0.2, -0.15) is 0 Å². The average Bonchev–Trinajstić information content (AvgIpc) is 3.16. The highest BCUT2D eigenvalue weighted by atomic mass is 19.1. The number of amides is 1. The number of aromatic nitrogens is 3. The number of nitrogens with one attached hydrogen (secondary N) is 2. The van der Waals surface area contributed by atoms with Gasteiger partial charge < -0.3 is 15.0 Å². The number of carbonyl (C=O) groups excluding carboxylic acids is 1. The first-order valence-electron chi connectivity index (χ1n) is 9.01. The van der Waals surface area contributed by atoms with Crippen LogP contribution in [0.25, 0.3) is 0 Å². The highest BCUT2D eigenvalue weighted by Gasteiger charge is 2.17. The number of ether oxygens (including phenoxy) is 1. The maximum atomic E-state index is 13.9. The summed E-state index contributed by atoms with van der Waals surface area (Å²) in [6, 6.07) is 6.19. The summed E-state index contributed by atoms with van der Waals surface area (Å²) < 4.78 is 20.7. The fourth-order valence-corrected chi connectivity index (χ4v) is 3.07. The van der Waals surface area contributed by atoms with Gasteiger partial charge in [0, 0.05) is 18.5 Å². The van der Waals surface area contributed by atoms with Crippen molar-refractivity contribution in [3.8, 4) is 0 Å². The molecule has 7 nitrogen and oxygen atoms in total. The molecule has 2 N–H and O–H groups in total. The highest BCUT2D eigenvalue weighted by Crippen LogP contribution is 2.19. The third-order valence-corrected chi connectivity index (χ3v) is 4.69. The Morgan fingerprint density at radius 3 is 2.92 bits per heavy atom. The maximum absolute atomic E-state index is 13.9. The van der Waals surface area contributed by atoms with Crippen molar-refractivity contribution in [3.05, 3.63) is 47.5 Å². The van der Waals surface area contributed by atoms with Crippen LogP contribution in [0.15, 0.2) is 30.5 Å². The molecule has 26 heavy (non-hydrogen) atoms. The molecule has 1 amide bonds. The van der Waals surface area contributed by atoms with Gasteiger partial charge in [0.2, 0.25) is 0 Å². The van der Waals surface area contributed by atoms with Crippen molar-refractivity contribution in [3.63, 3.8) is 0 Å². The zero-order valence-corrected chi connectivity index (χ0v) is 14.9. The third kappa shape index (κ3) is 4.64. The molecular formula is C18H25FN5O2+. The largest absolute Gasteiger partial charge is 0.370 e. The first-order chi connectivity index (χ1) is 12.6. The maximum Gasteiger partial charge on any atom is 0.273 e. The van der Waals surface area contributed by atoms with E-state index in [2.05, 4.69) is 15.6 Å². The van der Waals surface area contributed by atoms with E-state index in [4.69, 9.17) is 4.74 Å². The first kappa shape index (κ1) is 18.5. The SMILES string of the molecule is C[C@@H](c1ccccc1F)n1cc(C(=O)NCCC[NH+]2CCOCC2)nn1. The Morgan fingerprint density at radius 2 is 2.15 bits per heavy atom. The van der Waals surface area contributed by atoms with Crippen molar-refractivity contribution in [1.82, 2.24) is 20.3 Å². The fraction of sp³-hybridized carbons (Fsp3) is 0.500. The second-order valence-electron chi connectivity index (χ2n) is 6.50. The van der Waals surface area contributed by atoms with Crippen molar-refractivity contribution < 1.29 is 18.8 Å². The number of hydrogen-bond donors (Lipinski definition) is 2. The van der Waals surface area contributed by atoms with Gasteiger partial charge in [-0.25, -0.2) is 9.07 Å². The number of quaternary nitrogens is 1. The molecule has 0 radical (unpaired) electrons. The van der Waals surface area contributed by atoms with E-state index in [0.29, 0.717) is 12.1 Å². The Balaban J connectivity index is 1.49. The van der Waals surface area contributed by atoms with E-state index in [1.807, 2.05) is 6.92 Å². The minimum Gasteiger partial charge on any atom is -0.370 e. The molecular weight excluding hydrogens is 337 g/mol. The number of rotatable bonds is 7. The lowest BCUT2D eigenvalue weighted by Gasteiger charge is -2.23. The molecule has 2 heterocycles. The molecule has 1 atom stereocenters. The van der Waals surface area contributed by atoms with Gasteiger partial charge in [0.15, 0.2) is 5.69 Å². The summed E-state index contributed by atoms with van der Waals surface area (Å²) in [6.07, 6.45) is 2.46. The third-order valence-electron chi connectivity index (χ3n) is 4.69. The van der Waals surface area contributed by atoms with Crippen LogP contribution in [0, 0.1) is 5.82 Å². The Hall–Kier alpha value is -2.32. The van der Waals surface area contributed by atoms with E-state index in [9.17, 15) is 9.18 Å². The van der Waals surface area contributed by atoms with E-state index < -0.39 is 0 Å². The average molecular weight is 362 g/mol. The van der Waals surface area contributed by atoms with Crippen molar-refractivity contribution in [2.45, 2.75) is 19.4 Å². The van der Waals surface area contributed by atoms with E-state index >= 15 is 0 Å². The molecule has 0 aliphatic carbocycles. The van der Waals surface area contributed by atoms with Crippen LogP contribution in [0.4, 0.5) is 4.39 Å². The molecule has 1 fully saturated rings. The number of nitrogens with zero attached hydrogens (tertiary/aromatic N) is 3. The lowest BCUT2D eigenvalue weighted by Crippen LogP contribution is -3.14. The number of halogens is 1. The molecule has 140 valence electrons.